The summed E-state index contributed by atoms with van der Waals surface area (Å²) >= 11 is 0. The lowest BCUT2D eigenvalue weighted by Crippen LogP contribution is -2.62. The van der Waals surface area contributed by atoms with Gasteiger partial charge < -0.3 is 14.8 Å². The molecule has 4 aliphatic rings. The number of carbonyl (C=O) groups is 2. The second-order valence-electron chi connectivity index (χ2n) is 9.59. The van der Waals surface area contributed by atoms with Crippen molar-refractivity contribution in [2.24, 2.45) is 23.2 Å². The van der Waals surface area contributed by atoms with Crippen LogP contribution in [0.25, 0.3) is 0 Å². The summed E-state index contributed by atoms with van der Waals surface area (Å²) in [7, 11) is 0. The van der Waals surface area contributed by atoms with Gasteiger partial charge >= 0.3 is 6.16 Å². The number of rotatable bonds is 3. The molecule has 4 bridgehead atoms. The maximum Gasteiger partial charge on any atom is 0.509 e. The van der Waals surface area contributed by atoms with Crippen molar-refractivity contribution in [2.75, 3.05) is 5.32 Å². The van der Waals surface area contributed by atoms with Gasteiger partial charge in [-0.2, -0.15) is 0 Å². The van der Waals surface area contributed by atoms with E-state index in [4.69, 9.17) is 9.47 Å². The zero-order chi connectivity index (χ0) is 19.2. The number of hydrogen-bond donors (Lipinski definition) is 1. The van der Waals surface area contributed by atoms with E-state index < -0.39 is 23.3 Å². The average Bonchev–Trinajstić information content (AvgIpc) is 2.57. The quantitative estimate of drug-likeness (QED) is 0.777. The van der Waals surface area contributed by atoms with Crippen LogP contribution in [0.4, 0.5) is 10.5 Å². The number of anilines is 1. The Morgan fingerprint density at radius 1 is 1.04 bits per heavy atom. The number of amides is 1. The summed E-state index contributed by atoms with van der Waals surface area (Å²) in [6.45, 7) is 5.47. The fourth-order valence-corrected chi connectivity index (χ4v) is 5.67. The molecule has 0 heterocycles. The summed E-state index contributed by atoms with van der Waals surface area (Å²) in [4.78, 5) is 25.8. The molecule has 1 aromatic carbocycles. The first-order valence-corrected chi connectivity index (χ1v) is 10.0. The van der Waals surface area contributed by atoms with Crippen LogP contribution in [-0.4, -0.2) is 23.8 Å². The molecule has 5 rings (SSSR count). The zero-order valence-electron chi connectivity index (χ0n) is 16.4. The van der Waals surface area contributed by atoms with Crippen molar-refractivity contribution < 1.29 is 19.1 Å². The van der Waals surface area contributed by atoms with Crippen molar-refractivity contribution in [3.63, 3.8) is 0 Å². The molecule has 1 aromatic rings. The summed E-state index contributed by atoms with van der Waals surface area (Å²) in [6.07, 6.45) is 3.83. The highest BCUT2D eigenvalue weighted by Gasteiger charge is 2.62. The van der Waals surface area contributed by atoms with E-state index in [1.807, 2.05) is 51.1 Å². The molecule has 4 fully saturated rings. The predicted octanol–water partition coefficient (Wildman–Crippen LogP) is 4.77. The second kappa shape index (κ2) is 6.54. The minimum atomic E-state index is -0.660. The predicted molar refractivity (Wildman–Crippen MR) is 102 cm³/mol. The van der Waals surface area contributed by atoms with Crippen molar-refractivity contribution in [3.8, 4) is 0 Å². The van der Waals surface area contributed by atoms with Gasteiger partial charge in [0.15, 0.2) is 0 Å². The summed E-state index contributed by atoms with van der Waals surface area (Å²) < 4.78 is 11.2. The molecule has 0 radical (unpaired) electrons. The SMILES string of the molecule is CC(C)(C)OC(=O)OC1C2CC3CC(C2)CC1(C(=O)Nc1ccccc1)C3. The van der Waals surface area contributed by atoms with Crippen LogP contribution in [0.1, 0.15) is 52.9 Å². The minimum Gasteiger partial charge on any atom is -0.430 e. The third kappa shape index (κ3) is 3.56. The second-order valence-corrected chi connectivity index (χ2v) is 9.59. The third-order valence-corrected chi connectivity index (χ3v) is 6.31. The Bertz CT molecular complexity index is 710. The van der Waals surface area contributed by atoms with Gasteiger partial charge in [0, 0.05) is 5.69 Å². The highest BCUT2D eigenvalue weighted by atomic mass is 16.7. The van der Waals surface area contributed by atoms with E-state index in [2.05, 4.69) is 5.32 Å². The minimum absolute atomic E-state index is 0.0126. The summed E-state index contributed by atoms with van der Waals surface area (Å²) in [6, 6.07) is 9.52. The highest BCUT2D eigenvalue weighted by Crippen LogP contribution is 2.61. The first-order valence-electron chi connectivity index (χ1n) is 10.0. The van der Waals surface area contributed by atoms with Crippen molar-refractivity contribution >= 4 is 17.7 Å². The maximum atomic E-state index is 13.4. The molecule has 0 saturated heterocycles. The molecule has 5 nitrogen and oxygen atoms in total. The van der Waals surface area contributed by atoms with Gasteiger partial charge in [0.05, 0.1) is 5.41 Å². The number of ether oxygens (including phenoxy) is 2. The van der Waals surface area contributed by atoms with Crippen molar-refractivity contribution in [1.82, 2.24) is 0 Å². The van der Waals surface area contributed by atoms with Crippen LogP contribution in [0.5, 0.6) is 0 Å². The molecular weight excluding hydrogens is 342 g/mol. The van der Waals surface area contributed by atoms with Crippen LogP contribution < -0.4 is 5.32 Å². The summed E-state index contributed by atoms with van der Waals surface area (Å²) in [5.41, 5.74) is -0.460. The Morgan fingerprint density at radius 3 is 2.26 bits per heavy atom. The molecule has 0 aliphatic heterocycles. The van der Waals surface area contributed by atoms with Crippen molar-refractivity contribution in [2.45, 2.75) is 64.6 Å². The zero-order valence-corrected chi connectivity index (χ0v) is 16.4. The molecule has 3 unspecified atom stereocenters. The topological polar surface area (TPSA) is 64.6 Å². The molecule has 3 atom stereocenters. The third-order valence-electron chi connectivity index (χ3n) is 6.31. The summed E-state index contributed by atoms with van der Waals surface area (Å²) in [5, 5.41) is 3.08. The number of nitrogens with one attached hydrogen (secondary N) is 1. The van der Waals surface area contributed by atoms with E-state index in [0.717, 1.165) is 31.4 Å². The van der Waals surface area contributed by atoms with Gasteiger partial charge in [-0.15, -0.1) is 0 Å². The molecule has 0 spiro atoms. The molecule has 1 N–H and O–H groups in total. The molecular formula is C22H29NO4. The van der Waals surface area contributed by atoms with E-state index in [0.29, 0.717) is 11.8 Å². The number of hydrogen-bond acceptors (Lipinski definition) is 4. The van der Waals surface area contributed by atoms with Crippen LogP contribution >= 0.6 is 0 Å². The van der Waals surface area contributed by atoms with Gasteiger partial charge in [-0.05, 0) is 82.8 Å². The van der Waals surface area contributed by atoms with Gasteiger partial charge in [0.1, 0.15) is 11.7 Å². The van der Waals surface area contributed by atoms with Crippen LogP contribution in [0.2, 0.25) is 0 Å². The first kappa shape index (κ1) is 18.3. The van der Waals surface area contributed by atoms with E-state index in [1.165, 1.54) is 6.42 Å². The Labute approximate surface area is 160 Å². The van der Waals surface area contributed by atoms with Crippen LogP contribution in [-0.2, 0) is 14.3 Å². The Morgan fingerprint density at radius 2 is 1.67 bits per heavy atom. The Kier molecular flexibility index (Phi) is 4.44. The van der Waals surface area contributed by atoms with Crippen LogP contribution in [0.3, 0.4) is 0 Å². The van der Waals surface area contributed by atoms with Gasteiger partial charge in [0.2, 0.25) is 5.91 Å². The monoisotopic (exact) mass is 371 g/mol. The number of benzene rings is 1. The lowest BCUT2D eigenvalue weighted by atomic mass is 9.48. The molecule has 4 saturated carbocycles. The molecule has 4 aliphatic carbocycles. The highest BCUT2D eigenvalue weighted by molar-refractivity contribution is 5.96. The molecule has 1 amide bonds. The van der Waals surface area contributed by atoms with E-state index in [1.54, 1.807) is 0 Å². The van der Waals surface area contributed by atoms with Gasteiger partial charge in [0.25, 0.3) is 0 Å². The molecule has 27 heavy (non-hydrogen) atoms. The fraction of sp³-hybridized carbons (Fsp3) is 0.636. The fourth-order valence-electron chi connectivity index (χ4n) is 5.67. The molecule has 0 aromatic heterocycles. The molecule has 146 valence electrons. The maximum absolute atomic E-state index is 13.4. The lowest BCUT2D eigenvalue weighted by Gasteiger charge is -2.58. The Balaban J connectivity index is 1.58. The normalized spacial score (nSPS) is 34.2. The van der Waals surface area contributed by atoms with Gasteiger partial charge in [-0.1, -0.05) is 18.2 Å². The van der Waals surface area contributed by atoms with Crippen LogP contribution in [0, 0.1) is 23.2 Å². The number of para-hydroxylation sites is 1. The van der Waals surface area contributed by atoms with Gasteiger partial charge in [-0.25, -0.2) is 4.79 Å². The van der Waals surface area contributed by atoms with Gasteiger partial charge in [-0.3, -0.25) is 4.79 Å². The van der Waals surface area contributed by atoms with Crippen molar-refractivity contribution in [3.05, 3.63) is 30.3 Å². The largest absolute Gasteiger partial charge is 0.509 e. The smallest absolute Gasteiger partial charge is 0.430 e. The number of carbonyl (C=O) groups excluding carboxylic acids is 2. The van der Waals surface area contributed by atoms with E-state index in [9.17, 15) is 9.59 Å². The van der Waals surface area contributed by atoms with Crippen molar-refractivity contribution in [1.29, 1.82) is 0 Å². The van der Waals surface area contributed by atoms with Crippen LogP contribution in [0.15, 0.2) is 30.3 Å². The lowest BCUT2D eigenvalue weighted by molar-refractivity contribution is -0.179. The first-order chi connectivity index (χ1) is 12.7. The van der Waals surface area contributed by atoms with E-state index in [-0.39, 0.29) is 11.8 Å². The Hall–Kier alpha value is -2.04. The average molecular weight is 371 g/mol. The standard InChI is InChI=1S/C22H29NO4/c1-21(2,3)27-20(25)26-18-16-10-14-9-15(11-16)13-22(18,12-14)19(24)23-17-7-5-4-6-8-17/h4-8,14-16,18H,9-13H2,1-3H3,(H,23,24). The summed E-state index contributed by atoms with van der Waals surface area (Å²) in [5.74, 6) is 1.36. The molecule has 5 heteroatoms. The van der Waals surface area contributed by atoms with E-state index >= 15 is 0 Å².